The number of rotatable bonds is 5. The molecule has 2 fully saturated rings. The van der Waals surface area contributed by atoms with E-state index < -0.39 is 0 Å². The van der Waals surface area contributed by atoms with Crippen LogP contribution in [0.25, 0.3) is 0 Å². The fraction of sp³-hybridized carbons (Fsp3) is 0.938. The lowest BCUT2D eigenvalue weighted by molar-refractivity contribution is -0.126. The van der Waals surface area contributed by atoms with Crippen molar-refractivity contribution in [2.45, 2.75) is 58.3 Å². The van der Waals surface area contributed by atoms with Gasteiger partial charge in [0.25, 0.3) is 0 Å². The summed E-state index contributed by atoms with van der Waals surface area (Å²) in [7, 11) is 0. The van der Waals surface area contributed by atoms with E-state index in [-0.39, 0.29) is 11.8 Å². The van der Waals surface area contributed by atoms with Gasteiger partial charge in [-0.05, 0) is 43.6 Å². The molecule has 19 heavy (non-hydrogen) atoms. The molecular formula is C16H30N2O. The lowest BCUT2D eigenvalue weighted by Gasteiger charge is -2.26. The second kappa shape index (κ2) is 7.28. The van der Waals surface area contributed by atoms with Crippen molar-refractivity contribution >= 4 is 5.91 Å². The van der Waals surface area contributed by atoms with E-state index in [0.29, 0.717) is 12.5 Å². The molecule has 2 saturated carbocycles. The molecular weight excluding hydrogens is 236 g/mol. The van der Waals surface area contributed by atoms with Crippen molar-refractivity contribution in [3.63, 3.8) is 0 Å². The summed E-state index contributed by atoms with van der Waals surface area (Å²) >= 11 is 0. The molecule has 0 bridgehead atoms. The van der Waals surface area contributed by atoms with Crippen molar-refractivity contribution in [3.05, 3.63) is 0 Å². The molecule has 0 aliphatic heterocycles. The minimum absolute atomic E-state index is 0.191. The molecule has 0 aromatic carbocycles. The molecule has 0 saturated heterocycles. The van der Waals surface area contributed by atoms with Gasteiger partial charge in [0.1, 0.15) is 0 Å². The number of hydrogen-bond acceptors (Lipinski definition) is 2. The van der Waals surface area contributed by atoms with Crippen LogP contribution in [-0.2, 0) is 4.79 Å². The van der Waals surface area contributed by atoms with E-state index in [4.69, 9.17) is 5.73 Å². The van der Waals surface area contributed by atoms with Crippen molar-refractivity contribution in [1.29, 1.82) is 0 Å². The molecule has 2 unspecified atom stereocenters. The van der Waals surface area contributed by atoms with E-state index in [0.717, 1.165) is 31.2 Å². The molecule has 0 heterocycles. The van der Waals surface area contributed by atoms with Gasteiger partial charge in [0.15, 0.2) is 0 Å². The maximum Gasteiger partial charge on any atom is 0.223 e. The largest absolute Gasteiger partial charge is 0.356 e. The van der Waals surface area contributed by atoms with Gasteiger partial charge in [-0.2, -0.15) is 0 Å². The standard InChI is InChI=1S/C16H30N2O/c1-12-5-7-13(8-6-12)9-10-18-16(19)15-4-2-3-14(15)11-17/h12-15H,2-11,17H2,1H3,(H,18,19). The van der Waals surface area contributed by atoms with Gasteiger partial charge in [0, 0.05) is 12.5 Å². The van der Waals surface area contributed by atoms with Crippen molar-refractivity contribution in [2.75, 3.05) is 13.1 Å². The molecule has 3 N–H and O–H groups in total. The monoisotopic (exact) mass is 266 g/mol. The molecule has 110 valence electrons. The van der Waals surface area contributed by atoms with Gasteiger partial charge in [-0.15, -0.1) is 0 Å². The number of nitrogens with two attached hydrogens (primary N) is 1. The Kier molecular flexibility index (Phi) is 5.68. The first-order valence-electron chi connectivity index (χ1n) is 8.18. The minimum Gasteiger partial charge on any atom is -0.356 e. The third-order valence-corrected chi connectivity index (χ3v) is 5.29. The maximum atomic E-state index is 12.1. The first-order valence-corrected chi connectivity index (χ1v) is 8.18. The number of carbonyl (C=O) groups is 1. The molecule has 2 rings (SSSR count). The Balaban J connectivity index is 1.64. The van der Waals surface area contributed by atoms with E-state index in [1.165, 1.54) is 38.5 Å². The second-order valence-electron chi connectivity index (χ2n) is 6.74. The maximum absolute atomic E-state index is 12.1. The Morgan fingerprint density at radius 3 is 2.58 bits per heavy atom. The zero-order chi connectivity index (χ0) is 13.7. The first kappa shape index (κ1) is 14.8. The Labute approximate surface area is 117 Å². The van der Waals surface area contributed by atoms with Gasteiger partial charge < -0.3 is 11.1 Å². The van der Waals surface area contributed by atoms with Gasteiger partial charge >= 0.3 is 0 Å². The fourth-order valence-corrected chi connectivity index (χ4v) is 3.81. The molecule has 0 aromatic heterocycles. The van der Waals surface area contributed by atoms with E-state index in [2.05, 4.69) is 12.2 Å². The molecule has 2 aliphatic rings. The fourth-order valence-electron chi connectivity index (χ4n) is 3.81. The third-order valence-electron chi connectivity index (χ3n) is 5.29. The van der Waals surface area contributed by atoms with Crippen LogP contribution in [0.15, 0.2) is 0 Å². The minimum atomic E-state index is 0.191. The van der Waals surface area contributed by atoms with Gasteiger partial charge in [-0.1, -0.05) is 39.0 Å². The molecule has 0 spiro atoms. The van der Waals surface area contributed by atoms with Crippen LogP contribution in [0.1, 0.15) is 58.3 Å². The summed E-state index contributed by atoms with van der Waals surface area (Å²) in [4.78, 5) is 12.1. The second-order valence-corrected chi connectivity index (χ2v) is 6.74. The predicted molar refractivity (Wildman–Crippen MR) is 78.6 cm³/mol. The van der Waals surface area contributed by atoms with Crippen LogP contribution >= 0.6 is 0 Å². The van der Waals surface area contributed by atoms with Crippen LogP contribution in [0.3, 0.4) is 0 Å². The van der Waals surface area contributed by atoms with Gasteiger partial charge in [0.05, 0.1) is 0 Å². The van der Waals surface area contributed by atoms with Crippen LogP contribution < -0.4 is 11.1 Å². The molecule has 2 atom stereocenters. The third kappa shape index (κ3) is 4.20. The normalized spacial score (nSPS) is 35.3. The van der Waals surface area contributed by atoms with Crippen LogP contribution in [-0.4, -0.2) is 19.0 Å². The smallest absolute Gasteiger partial charge is 0.223 e. The topological polar surface area (TPSA) is 55.1 Å². The summed E-state index contributed by atoms with van der Waals surface area (Å²) in [6.07, 6.45) is 9.95. The van der Waals surface area contributed by atoms with Crippen LogP contribution in [0, 0.1) is 23.7 Å². The highest BCUT2D eigenvalue weighted by Gasteiger charge is 2.31. The summed E-state index contributed by atoms with van der Waals surface area (Å²) < 4.78 is 0. The van der Waals surface area contributed by atoms with Gasteiger partial charge in [0.2, 0.25) is 5.91 Å². The Morgan fingerprint density at radius 1 is 1.16 bits per heavy atom. The highest BCUT2D eigenvalue weighted by atomic mass is 16.1. The van der Waals surface area contributed by atoms with Gasteiger partial charge in [-0.3, -0.25) is 4.79 Å². The molecule has 0 radical (unpaired) electrons. The summed E-state index contributed by atoms with van der Waals surface area (Å²) in [5.74, 6) is 2.63. The van der Waals surface area contributed by atoms with E-state index >= 15 is 0 Å². The van der Waals surface area contributed by atoms with Crippen LogP contribution in [0.2, 0.25) is 0 Å². The zero-order valence-corrected chi connectivity index (χ0v) is 12.4. The highest BCUT2D eigenvalue weighted by Crippen LogP contribution is 2.32. The predicted octanol–water partition coefficient (Wildman–Crippen LogP) is 2.69. The molecule has 2 aliphatic carbocycles. The Morgan fingerprint density at radius 2 is 1.89 bits per heavy atom. The molecule has 3 heteroatoms. The van der Waals surface area contributed by atoms with Crippen molar-refractivity contribution in [3.8, 4) is 0 Å². The molecule has 3 nitrogen and oxygen atoms in total. The number of hydrogen-bond donors (Lipinski definition) is 2. The molecule has 0 aromatic rings. The van der Waals surface area contributed by atoms with E-state index in [1.807, 2.05) is 0 Å². The summed E-state index contributed by atoms with van der Waals surface area (Å²) in [6.45, 7) is 3.88. The SMILES string of the molecule is CC1CCC(CCNC(=O)C2CCCC2CN)CC1. The number of carbonyl (C=O) groups excluding carboxylic acids is 1. The molecule has 1 amide bonds. The van der Waals surface area contributed by atoms with Crippen LogP contribution in [0.4, 0.5) is 0 Å². The zero-order valence-electron chi connectivity index (χ0n) is 12.4. The Hall–Kier alpha value is -0.570. The number of nitrogens with one attached hydrogen (secondary N) is 1. The number of amides is 1. The lowest BCUT2D eigenvalue weighted by Crippen LogP contribution is -2.36. The van der Waals surface area contributed by atoms with Gasteiger partial charge in [-0.25, -0.2) is 0 Å². The van der Waals surface area contributed by atoms with Crippen molar-refractivity contribution in [1.82, 2.24) is 5.32 Å². The Bertz CT molecular complexity index is 284. The van der Waals surface area contributed by atoms with Crippen LogP contribution in [0.5, 0.6) is 0 Å². The van der Waals surface area contributed by atoms with E-state index in [9.17, 15) is 4.79 Å². The summed E-state index contributed by atoms with van der Waals surface area (Å²) in [5, 5.41) is 3.15. The lowest BCUT2D eigenvalue weighted by atomic mass is 9.81. The van der Waals surface area contributed by atoms with Crippen molar-refractivity contribution in [2.24, 2.45) is 29.4 Å². The summed E-state index contributed by atoms with van der Waals surface area (Å²) in [6, 6.07) is 0. The highest BCUT2D eigenvalue weighted by molar-refractivity contribution is 5.79. The van der Waals surface area contributed by atoms with Crippen molar-refractivity contribution < 1.29 is 4.79 Å². The summed E-state index contributed by atoms with van der Waals surface area (Å²) in [5.41, 5.74) is 5.74. The van der Waals surface area contributed by atoms with E-state index in [1.54, 1.807) is 0 Å². The quantitative estimate of drug-likeness (QED) is 0.804. The average Bonchev–Trinajstić information content (AvgIpc) is 2.89. The average molecular weight is 266 g/mol. The first-order chi connectivity index (χ1) is 9.20.